The molecule has 0 bridgehead atoms. The van der Waals surface area contributed by atoms with Gasteiger partial charge in [0.05, 0.1) is 36.6 Å². The number of halogens is 1. The van der Waals surface area contributed by atoms with Crippen LogP contribution in [0.5, 0.6) is 0 Å². The van der Waals surface area contributed by atoms with Crippen molar-refractivity contribution in [2.45, 2.75) is 45.1 Å². The summed E-state index contributed by atoms with van der Waals surface area (Å²) < 4.78 is 12.2. The van der Waals surface area contributed by atoms with Gasteiger partial charge in [0, 0.05) is 32.9 Å². The monoisotopic (exact) mass is 389 g/mol. The van der Waals surface area contributed by atoms with Gasteiger partial charge in [0.25, 0.3) is 0 Å². The maximum absolute atomic E-state index is 12.4. The molecule has 148 valence electrons. The zero-order valence-electron chi connectivity index (χ0n) is 15.4. The molecule has 2 heterocycles. The summed E-state index contributed by atoms with van der Waals surface area (Å²) in [5.74, 6) is -0.232. The molecule has 1 aliphatic heterocycles. The molecule has 0 aliphatic carbocycles. The number of aromatic nitrogens is 2. The molecule has 0 aromatic carbocycles. The average Bonchev–Trinajstić information content (AvgIpc) is 2.98. The van der Waals surface area contributed by atoms with Crippen LogP contribution in [-0.2, 0) is 25.6 Å². The Labute approximate surface area is 159 Å². The van der Waals surface area contributed by atoms with Crippen LogP contribution in [0.2, 0.25) is 0 Å². The summed E-state index contributed by atoms with van der Waals surface area (Å²) in [6.07, 6.45) is 3.04. The van der Waals surface area contributed by atoms with Gasteiger partial charge in [0.15, 0.2) is 0 Å². The predicted molar refractivity (Wildman–Crippen MR) is 99.2 cm³/mol. The number of morpholine rings is 1. The van der Waals surface area contributed by atoms with Crippen LogP contribution in [0.1, 0.15) is 20.3 Å². The van der Waals surface area contributed by atoms with Crippen molar-refractivity contribution < 1.29 is 19.1 Å². The molecule has 3 N–H and O–H groups in total. The molecular weight excluding hydrogens is 362 g/mol. The Balaban J connectivity index is 0.00000338. The van der Waals surface area contributed by atoms with Gasteiger partial charge in [-0.3, -0.25) is 14.3 Å². The first-order chi connectivity index (χ1) is 11.9. The minimum atomic E-state index is -0.318. The summed E-state index contributed by atoms with van der Waals surface area (Å²) in [7, 11) is 1.52. The molecule has 9 nitrogen and oxygen atoms in total. The quantitative estimate of drug-likeness (QED) is 0.691. The summed E-state index contributed by atoms with van der Waals surface area (Å²) >= 11 is 0. The second kappa shape index (κ2) is 10.5. The molecule has 10 heteroatoms. The van der Waals surface area contributed by atoms with E-state index in [0.717, 1.165) is 0 Å². The normalized spacial score (nSPS) is 21.0. The maximum atomic E-state index is 12.4. The zero-order chi connectivity index (χ0) is 18.4. The highest BCUT2D eigenvalue weighted by atomic mass is 35.5. The Hall–Kier alpha value is -1.68. The van der Waals surface area contributed by atoms with Crippen LogP contribution in [-0.4, -0.2) is 71.6 Å². The van der Waals surface area contributed by atoms with E-state index in [0.29, 0.717) is 18.8 Å². The molecule has 2 amide bonds. The fourth-order valence-electron chi connectivity index (χ4n) is 2.82. The van der Waals surface area contributed by atoms with E-state index in [1.54, 1.807) is 11.1 Å². The Kier molecular flexibility index (Phi) is 9.00. The third-order valence-corrected chi connectivity index (χ3v) is 4.00. The van der Waals surface area contributed by atoms with E-state index in [2.05, 4.69) is 10.4 Å². The smallest absolute Gasteiger partial charge is 0.244 e. The molecule has 1 aromatic heterocycles. The van der Waals surface area contributed by atoms with E-state index < -0.39 is 0 Å². The average molecular weight is 390 g/mol. The van der Waals surface area contributed by atoms with Gasteiger partial charge in [-0.25, -0.2) is 0 Å². The molecular formula is C16H28ClN5O4. The van der Waals surface area contributed by atoms with Gasteiger partial charge in [0.2, 0.25) is 11.8 Å². The van der Waals surface area contributed by atoms with E-state index in [1.165, 1.54) is 18.0 Å². The lowest BCUT2D eigenvalue weighted by Gasteiger charge is -2.35. The van der Waals surface area contributed by atoms with Crippen molar-refractivity contribution in [1.29, 1.82) is 0 Å². The fraction of sp³-hybridized carbons (Fsp3) is 0.688. The number of nitrogens with two attached hydrogens (primary N) is 1. The number of hydrogen-bond acceptors (Lipinski definition) is 6. The van der Waals surface area contributed by atoms with Gasteiger partial charge < -0.3 is 25.4 Å². The Bertz CT molecular complexity index is 583. The van der Waals surface area contributed by atoms with Crippen molar-refractivity contribution in [3.05, 3.63) is 12.4 Å². The number of amides is 2. The minimum absolute atomic E-state index is 0. The van der Waals surface area contributed by atoms with E-state index in [9.17, 15) is 9.59 Å². The highest BCUT2D eigenvalue weighted by molar-refractivity contribution is 5.90. The number of nitrogens with zero attached hydrogens (tertiary/aromatic N) is 3. The van der Waals surface area contributed by atoms with Gasteiger partial charge in [0.1, 0.15) is 6.54 Å². The van der Waals surface area contributed by atoms with Gasteiger partial charge >= 0.3 is 0 Å². The van der Waals surface area contributed by atoms with Crippen LogP contribution in [0, 0.1) is 0 Å². The molecule has 0 radical (unpaired) electrons. The van der Waals surface area contributed by atoms with Crippen LogP contribution < -0.4 is 11.1 Å². The van der Waals surface area contributed by atoms with Crippen LogP contribution >= 0.6 is 12.4 Å². The van der Waals surface area contributed by atoms with E-state index in [4.69, 9.17) is 15.2 Å². The lowest BCUT2D eigenvalue weighted by Crippen LogP contribution is -2.49. The van der Waals surface area contributed by atoms with Gasteiger partial charge in [-0.15, -0.1) is 12.4 Å². The van der Waals surface area contributed by atoms with Gasteiger partial charge in [-0.2, -0.15) is 5.10 Å². The number of ether oxygens (including phenoxy) is 2. The Morgan fingerprint density at radius 1 is 1.42 bits per heavy atom. The number of anilines is 1. The highest BCUT2D eigenvalue weighted by Gasteiger charge is 2.26. The first-order valence-electron chi connectivity index (χ1n) is 8.39. The first-order valence-corrected chi connectivity index (χ1v) is 8.39. The van der Waals surface area contributed by atoms with E-state index in [-0.39, 0.29) is 62.0 Å². The molecule has 1 fully saturated rings. The summed E-state index contributed by atoms with van der Waals surface area (Å²) in [4.78, 5) is 26.1. The lowest BCUT2D eigenvalue weighted by molar-refractivity contribution is -0.144. The largest absolute Gasteiger partial charge is 0.380 e. The third kappa shape index (κ3) is 6.56. The van der Waals surface area contributed by atoms with Crippen molar-refractivity contribution in [2.75, 3.05) is 32.1 Å². The number of methoxy groups -OCH3 is 1. The van der Waals surface area contributed by atoms with Crippen LogP contribution in [0.25, 0.3) is 0 Å². The van der Waals surface area contributed by atoms with Crippen molar-refractivity contribution in [3.8, 4) is 0 Å². The van der Waals surface area contributed by atoms with Crippen LogP contribution in [0.4, 0.5) is 5.69 Å². The molecule has 0 spiro atoms. The third-order valence-electron chi connectivity index (χ3n) is 4.00. The molecule has 2 rings (SSSR count). The minimum Gasteiger partial charge on any atom is -0.380 e. The van der Waals surface area contributed by atoms with E-state index in [1.807, 2.05) is 13.8 Å². The predicted octanol–water partition coefficient (Wildman–Crippen LogP) is 0.243. The molecule has 3 atom stereocenters. The molecule has 1 aliphatic rings. The number of carbonyl (C=O) groups is 2. The van der Waals surface area contributed by atoms with Crippen molar-refractivity contribution in [1.82, 2.24) is 14.7 Å². The summed E-state index contributed by atoms with van der Waals surface area (Å²) in [5, 5.41) is 6.85. The second-order valence-electron chi connectivity index (χ2n) is 6.33. The molecule has 26 heavy (non-hydrogen) atoms. The second-order valence-corrected chi connectivity index (χ2v) is 6.33. The van der Waals surface area contributed by atoms with Crippen molar-refractivity contribution in [2.24, 2.45) is 5.73 Å². The summed E-state index contributed by atoms with van der Waals surface area (Å²) in [5.41, 5.74) is 6.04. The van der Waals surface area contributed by atoms with Crippen LogP contribution in [0.3, 0.4) is 0 Å². The highest BCUT2D eigenvalue weighted by Crippen LogP contribution is 2.12. The first kappa shape index (κ1) is 22.4. The summed E-state index contributed by atoms with van der Waals surface area (Å²) in [6.45, 7) is 5.45. The number of rotatable bonds is 7. The number of nitrogens with one attached hydrogen (secondary N) is 1. The molecule has 3 unspecified atom stereocenters. The lowest BCUT2D eigenvalue weighted by atomic mass is 10.2. The standard InChI is InChI=1S/C16H27N5O4.ClH/c1-11-7-20(8-12(2)25-11)16(23)10-21-9-13(6-18-21)19-15(22)4-14(5-17)24-3;/h6,9,11-12,14H,4-5,7-8,10,17H2,1-3H3,(H,19,22);1H. The Morgan fingerprint density at radius 2 is 2.08 bits per heavy atom. The van der Waals surface area contributed by atoms with Crippen LogP contribution in [0.15, 0.2) is 12.4 Å². The molecule has 0 saturated carbocycles. The topological polar surface area (TPSA) is 112 Å². The molecule has 1 saturated heterocycles. The van der Waals surface area contributed by atoms with Crippen molar-refractivity contribution in [3.63, 3.8) is 0 Å². The van der Waals surface area contributed by atoms with Gasteiger partial charge in [-0.05, 0) is 13.8 Å². The molecule has 1 aromatic rings. The fourth-order valence-corrected chi connectivity index (χ4v) is 2.82. The summed E-state index contributed by atoms with van der Waals surface area (Å²) in [6, 6.07) is 0. The van der Waals surface area contributed by atoms with Crippen molar-refractivity contribution >= 4 is 29.9 Å². The Morgan fingerprint density at radius 3 is 2.65 bits per heavy atom. The number of carbonyl (C=O) groups excluding carboxylic acids is 2. The zero-order valence-corrected chi connectivity index (χ0v) is 16.2. The van der Waals surface area contributed by atoms with E-state index >= 15 is 0 Å². The van der Waals surface area contributed by atoms with Gasteiger partial charge in [-0.1, -0.05) is 0 Å². The maximum Gasteiger partial charge on any atom is 0.244 e. The SMILES string of the molecule is COC(CN)CC(=O)Nc1cnn(CC(=O)N2CC(C)OC(C)C2)c1.Cl. The number of hydrogen-bond donors (Lipinski definition) is 2.